The van der Waals surface area contributed by atoms with Gasteiger partial charge in [0.15, 0.2) is 0 Å². The number of ether oxygens (including phenoxy) is 2. The zero-order valence-corrected chi connectivity index (χ0v) is 9.94. The minimum atomic E-state index is -4.01. The summed E-state index contributed by atoms with van der Waals surface area (Å²) in [6.45, 7) is 1.14. The van der Waals surface area contributed by atoms with Crippen LogP contribution in [0.4, 0.5) is 0 Å². The van der Waals surface area contributed by atoms with Crippen LogP contribution in [0.5, 0.6) is 11.5 Å². The van der Waals surface area contributed by atoms with Crippen LogP contribution in [0.2, 0.25) is 0 Å². The summed E-state index contributed by atoms with van der Waals surface area (Å²) in [4.78, 5) is 10.6. The molecule has 1 aromatic carbocycles. The topological polar surface area (TPSA) is 89.9 Å². The zero-order chi connectivity index (χ0) is 12.9. The maximum Gasteiger partial charge on any atom is 0.308 e. The molecule has 94 valence electrons. The lowest BCUT2D eigenvalue weighted by Crippen LogP contribution is -2.12. The number of carbonyl (C=O) groups is 1. The third-order valence-corrected chi connectivity index (χ3v) is 2.38. The maximum absolute atomic E-state index is 10.6. The number of carbonyl (C=O) groups excluding carboxylic acids is 1. The van der Waals surface area contributed by atoms with E-state index in [1.54, 1.807) is 0 Å². The van der Waals surface area contributed by atoms with Gasteiger partial charge in [-0.15, -0.1) is 0 Å². The Balaban J connectivity index is 2.48. The molecular formula is C10H12O6S. The lowest BCUT2D eigenvalue weighted by atomic mass is 10.3. The summed E-state index contributed by atoms with van der Waals surface area (Å²) in [5, 5.41) is 0. The minimum Gasteiger partial charge on any atom is -0.492 e. The fourth-order valence-electron chi connectivity index (χ4n) is 1.03. The Kier molecular flexibility index (Phi) is 4.47. The van der Waals surface area contributed by atoms with Gasteiger partial charge in [0.25, 0.3) is 10.1 Å². The molecule has 0 fully saturated rings. The highest BCUT2D eigenvalue weighted by molar-refractivity contribution is 7.85. The van der Waals surface area contributed by atoms with E-state index in [-0.39, 0.29) is 6.61 Å². The Morgan fingerprint density at radius 3 is 2.24 bits per heavy atom. The number of esters is 1. The molecule has 1 aromatic rings. The maximum atomic E-state index is 10.6. The van der Waals surface area contributed by atoms with Crippen LogP contribution in [0.15, 0.2) is 24.3 Å². The normalized spacial score (nSPS) is 10.9. The standard InChI is InChI=1S/C10H12O6S/c1-8(11)16-10-4-2-9(3-5-10)15-6-7-17(12,13)14/h2-5H,6-7H2,1H3,(H,12,13,14). The largest absolute Gasteiger partial charge is 0.492 e. The lowest BCUT2D eigenvalue weighted by molar-refractivity contribution is -0.131. The van der Waals surface area contributed by atoms with Gasteiger partial charge < -0.3 is 9.47 Å². The molecule has 0 amide bonds. The molecule has 0 atom stereocenters. The van der Waals surface area contributed by atoms with Gasteiger partial charge in [-0.25, -0.2) is 0 Å². The molecule has 0 radical (unpaired) electrons. The number of hydrogen-bond donors (Lipinski definition) is 1. The Morgan fingerprint density at radius 2 is 1.76 bits per heavy atom. The van der Waals surface area contributed by atoms with Crippen LogP contribution in [-0.4, -0.2) is 31.3 Å². The predicted molar refractivity (Wildman–Crippen MR) is 59.7 cm³/mol. The van der Waals surface area contributed by atoms with Crippen LogP contribution >= 0.6 is 0 Å². The molecule has 0 saturated heterocycles. The third kappa shape index (κ3) is 5.88. The van der Waals surface area contributed by atoms with Crippen molar-refractivity contribution in [3.05, 3.63) is 24.3 Å². The van der Waals surface area contributed by atoms with Gasteiger partial charge in [0.1, 0.15) is 23.9 Å². The molecule has 0 saturated carbocycles. The van der Waals surface area contributed by atoms with Crippen molar-refractivity contribution in [2.75, 3.05) is 12.4 Å². The van der Waals surface area contributed by atoms with Crippen LogP contribution in [-0.2, 0) is 14.9 Å². The highest BCUT2D eigenvalue weighted by atomic mass is 32.2. The van der Waals surface area contributed by atoms with Crippen molar-refractivity contribution in [2.24, 2.45) is 0 Å². The van der Waals surface area contributed by atoms with E-state index >= 15 is 0 Å². The monoisotopic (exact) mass is 260 g/mol. The molecule has 0 heterocycles. The van der Waals surface area contributed by atoms with Gasteiger partial charge in [0.2, 0.25) is 0 Å². The summed E-state index contributed by atoms with van der Waals surface area (Å²) in [7, 11) is -4.01. The van der Waals surface area contributed by atoms with Gasteiger partial charge in [-0.3, -0.25) is 9.35 Å². The zero-order valence-electron chi connectivity index (χ0n) is 9.12. The van der Waals surface area contributed by atoms with E-state index in [9.17, 15) is 13.2 Å². The van der Waals surface area contributed by atoms with Crippen molar-refractivity contribution >= 4 is 16.1 Å². The van der Waals surface area contributed by atoms with Crippen molar-refractivity contribution in [1.29, 1.82) is 0 Å². The van der Waals surface area contributed by atoms with Gasteiger partial charge in [0, 0.05) is 6.92 Å². The second-order valence-corrected chi connectivity index (χ2v) is 4.77. The van der Waals surface area contributed by atoms with E-state index in [4.69, 9.17) is 14.0 Å². The Labute approximate surface area is 98.9 Å². The molecule has 0 aromatic heterocycles. The van der Waals surface area contributed by atoms with E-state index < -0.39 is 21.8 Å². The first-order valence-corrected chi connectivity index (χ1v) is 6.34. The van der Waals surface area contributed by atoms with Crippen molar-refractivity contribution < 1.29 is 27.2 Å². The lowest BCUT2D eigenvalue weighted by Gasteiger charge is -2.06. The summed E-state index contributed by atoms with van der Waals surface area (Å²) >= 11 is 0. The van der Waals surface area contributed by atoms with E-state index in [2.05, 4.69) is 0 Å². The van der Waals surface area contributed by atoms with Crippen molar-refractivity contribution in [1.82, 2.24) is 0 Å². The third-order valence-electron chi connectivity index (χ3n) is 1.70. The molecular weight excluding hydrogens is 248 g/mol. The molecule has 0 bridgehead atoms. The predicted octanol–water partition coefficient (Wildman–Crippen LogP) is 0.879. The molecule has 0 spiro atoms. The number of rotatable bonds is 5. The fraction of sp³-hybridized carbons (Fsp3) is 0.300. The van der Waals surface area contributed by atoms with E-state index in [1.807, 2.05) is 0 Å². The highest BCUT2D eigenvalue weighted by Gasteiger charge is 2.05. The highest BCUT2D eigenvalue weighted by Crippen LogP contribution is 2.17. The van der Waals surface area contributed by atoms with Crippen molar-refractivity contribution in [2.45, 2.75) is 6.92 Å². The number of benzene rings is 1. The molecule has 1 rings (SSSR count). The van der Waals surface area contributed by atoms with Gasteiger partial charge in [0.05, 0.1) is 0 Å². The first-order chi connectivity index (χ1) is 7.87. The second-order valence-electron chi connectivity index (χ2n) is 3.20. The van der Waals surface area contributed by atoms with E-state index in [0.29, 0.717) is 11.5 Å². The summed E-state index contributed by atoms with van der Waals surface area (Å²) in [5.41, 5.74) is 0. The smallest absolute Gasteiger partial charge is 0.308 e. The second kappa shape index (κ2) is 5.65. The van der Waals surface area contributed by atoms with Gasteiger partial charge in [-0.05, 0) is 24.3 Å². The molecule has 0 aliphatic rings. The first kappa shape index (κ1) is 13.5. The Bertz CT molecular complexity index is 476. The minimum absolute atomic E-state index is 0.147. The van der Waals surface area contributed by atoms with Gasteiger partial charge in [-0.1, -0.05) is 0 Å². The molecule has 0 aliphatic heterocycles. The first-order valence-electron chi connectivity index (χ1n) is 4.73. The van der Waals surface area contributed by atoms with Crippen molar-refractivity contribution in [3.63, 3.8) is 0 Å². The summed E-state index contributed by atoms with van der Waals surface area (Å²) in [6.07, 6.45) is 0. The summed E-state index contributed by atoms with van der Waals surface area (Å²) in [6, 6.07) is 6.10. The fourth-order valence-corrected chi connectivity index (χ4v) is 1.33. The van der Waals surface area contributed by atoms with Gasteiger partial charge >= 0.3 is 5.97 Å². The average molecular weight is 260 g/mol. The van der Waals surface area contributed by atoms with E-state index in [1.165, 1.54) is 31.2 Å². The van der Waals surface area contributed by atoms with Crippen LogP contribution in [0, 0.1) is 0 Å². The van der Waals surface area contributed by atoms with Crippen LogP contribution in [0.25, 0.3) is 0 Å². The molecule has 1 N–H and O–H groups in total. The average Bonchev–Trinajstić information content (AvgIpc) is 2.18. The van der Waals surface area contributed by atoms with E-state index in [0.717, 1.165) is 0 Å². The Hall–Kier alpha value is -1.60. The molecule has 7 heteroatoms. The SMILES string of the molecule is CC(=O)Oc1ccc(OCCS(=O)(=O)O)cc1. The molecule has 0 aliphatic carbocycles. The number of hydrogen-bond acceptors (Lipinski definition) is 5. The van der Waals surface area contributed by atoms with Crippen LogP contribution in [0.1, 0.15) is 6.92 Å². The molecule has 0 unspecified atom stereocenters. The molecule has 6 nitrogen and oxygen atoms in total. The summed E-state index contributed by atoms with van der Waals surface area (Å²) in [5.74, 6) is -0.104. The van der Waals surface area contributed by atoms with Crippen LogP contribution in [0.3, 0.4) is 0 Å². The van der Waals surface area contributed by atoms with Crippen molar-refractivity contribution in [3.8, 4) is 11.5 Å². The van der Waals surface area contributed by atoms with Gasteiger partial charge in [-0.2, -0.15) is 8.42 Å². The molecule has 17 heavy (non-hydrogen) atoms. The quantitative estimate of drug-likeness (QED) is 0.480. The Morgan fingerprint density at radius 1 is 1.24 bits per heavy atom. The summed E-state index contributed by atoms with van der Waals surface area (Å²) < 4.78 is 39.2. The van der Waals surface area contributed by atoms with Crippen LogP contribution < -0.4 is 9.47 Å².